The molecule has 0 spiro atoms. The summed E-state index contributed by atoms with van der Waals surface area (Å²) in [6.07, 6.45) is -0.389. The van der Waals surface area contributed by atoms with Crippen LogP contribution in [-0.4, -0.2) is 12.7 Å². The molecular weight excluding hydrogens is 174 g/mol. The van der Waals surface area contributed by atoms with Gasteiger partial charge in [-0.2, -0.15) is 0 Å². The predicted octanol–water partition coefficient (Wildman–Crippen LogP) is 2.62. The van der Waals surface area contributed by atoms with Crippen LogP contribution in [0.5, 0.6) is 0 Å². The first-order valence-corrected chi connectivity index (χ1v) is 4.59. The lowest BCUT2D eigenvalue weighted by atomic mass is 10.4. The van der Waals surface area contributed by atoms with Crippen LogP contribution in [-0.2, 0) is 4.74 Å². The summed E-state index contributed by atoms with van der Waals surface area (Å²) >= 11 is 1.49. The van der Waals surface area contributed by atoms with E-state index in [4.69, 9.17) is 4.74 Å². The minimum absolute atomic E-state index is 0.389. The second-order valence-corrected chi connectivity index (χ2v) is 3.25. The Morgan fingerprint density at radius 3 is 3.00 bits per heavy atom. The monoisotopic (exact) mass is 185 g/mol. The van der Waals surface area contributed by atoms with Crippen molar-refractivity contribution in [1.29, 1.82) is 0 Å². The molecule has 1 amide bonds. The standard InChI is InChI=1S/C8H11NO2S/c1-3-11-8(10)9-7-4-6(2)5-12-7/h4-5H,3H2,1-2H3,(H,9,10). The molecule has 0 fully saturated rings. The van der Waals surface area contributed by atoms with Crippen LogP contribution in [0.2, 0.25) is 0 Å². The number of ether oxygens (including phenoxy) is 1. The third-order valence-electron chi connectivity index (χ3n) is 1.23. The van der Waals surface area contributed by atoms with Gasteiger partial charge < -0.3 is 4.74 Å². The maximum absolute atomic E-state index is 10.9. The molecule has 4 heteroatoms. The van der Waals surface area contributed by atoms with E-state index in [1.807, 2.05) is 18.4 Å². The highest BCUT2D eigenvalue weighted by molar-refractivity contribution is 7.14. The van der Waals surface area contributed by atoms with Crippen LogP contribution >= 0.6 is 11.3 Å². The van der Waals surface area contributed by atoms with E-state index in [0.29, 0.717) is 6.61 Å². The molecule has 0 unspecified atom stereocenters. The molecule has 0 atom stereocenters. The van der Waals surface area contributed by atoms with Gasteiger partial charge in [0.25, 0.3) is 0 Å². The minimum Gasteiger partial charge on any atom is -0.450 e. The average Bonchev–Trinajstić information content (AvgIpc) is 2.36. The molecule has 66 valence electrons. The Balaban J connectivity index is 2.46. The number of nitrogens with one attached hydrogen (secondary N) is 1. The highest BCUT2D eigenvalue weighted by Gasteiger charge is 2.02. The Hall–Kier alpha value is -1.03. The Bertz CT molecular complexity index is 270. The topological polar surface area (TPSA) is 38.3 Å². The van der Waals surface area contributed by atoms with Crippen molar-refractivity contribution in [2.75, 3.05) is 11.9 Å². The van der Waals surface area contributed by atoms with E-state index < -0.39 is 0 Å². The number of aryl methyl sites for hydroxylation is 1. The van der Waals surface area contributed by atoms with Gasteiger partial charge in [0.1, 0.15) is 0 Å². The SMILES string of the molecule is CCOC(=O)Nc1cc(C)cs1. The van der Waals surface area contributed by atoms with Crippen molar-refractivity contribution >= 4 is 22.4 Å². The lowest BCUT2D eigenvalue weighted by Crippen LogP contribution is -2.12. The fourth-order valence-electron chi connectivity index (χ4n) is 0.765. The number of carbonyl (C=O) groups excluding carboxylic acids is 1. The normalized spacial score (nSPS) is 9.50. The van der Waals surface area contributed by atoms with E-state index in [0.717, 1.165) is 10.6 Å². The Labute approximate surface area is 75.4 Å². The third kappa shape index (κ3) is 2.54. The van der Waals surface area contributed by atoms with Gasteiger partial charge in [-0.15, -0.1) is 11.3 Å². The van der Waals surface area contributed by atoms with Crippen molar-refractivity contribution in [2.24, 2.45) is 0 Å². The van der Waals surface area contributed by atoms with Gasteiger partial charge in [0.15, 0.2) is 0 Å². The van der Waals surface area contributed by atoms with E-state index in [1.165, 1.54) is 11.3 Å². The zero-order valence-electron chi connectivity index (χ0n) is 7.09. The smallest absolute Gasteiger partial charge is 0.412 e. The van der Waals surface area contributed by atoms with Crippen LogP contribution < -0.4 is 5.32 Å². The van der Waals surface area contributed by atoms with Gasteiger partial charge in [0, 0.05) is 0 Å². The lowest BCUT2D eigenvalue weighted by Gasteiger charge is -2.00. The Morgan fingerprint density at radius 1 is 1.75 bits per heavy atom. The van der Waals surface area contributed by atoms with E-state index in [9.17, 15) is 4.79 Å². The van der Waals surface area contributed by atoms with Crippen LogP contribution in [0, 0.1) is 6.92 Å². The number of amides is 1. The second kappa shape index (κ2) is 4.11. The van der Waals surface area contributed by atoms with Crippen LogP contribution in [0.25, 0.3) is 0 Å². The quantitative estimate of drug-likeness (QED) is 0.769. The molecule has 1 aromatic rings. The van der Waals surface area contributed by atoms with Crippen molar-refractivity contribution in [1.82, 2.24) is 0 Å². The largest absolute Gasteiger partial charge is 0.450 e. The molecule has 0 aliphatic rings. The summed E-state index contributed by atoms with van der Waals surface area (Å²) in [7, 11) is 0. The summed E-state index contributed by atoms with van der Waals surface area (Å²) in [4.78, 5) is 10.9. The number of anilines is 1. The average molecular weight is 185 g/mol. The first-order valence-electron chi connectivity index (χ1n) is 3.71. The number of carbonyl (C=O) groups is 1. The molecular formula is C8H11NO2S. The minimum atomic E-state index is -0.389. The van der Waals surface area contributed by atoms with Crippen molar-refractivity contribution in [2.45, 2.75) is 13.8 Å². The Morgan fingerprint density at radius 2 is 2.50 bits per heavy atom. The molecule has 0 aromatic carbocycles. The van der Waals surface area contributed by atoms with Gasteiger partial charge in [0.2, 0.25) is 0 Å². The molecule has 0 saturated heterocycles. The van der Waals surface area contributed by atoms with E-state index in [-0.39, 0.29) is 6.09 Å². The summed E-state index contributed by atoms with van der Waals surface area (Å²) in [6, 6.07) is 1.90. The van der Waals surface area contributed by atoms with Gasteiger partial charge in [-0.25, -0.2) is 4.79 Å². The van der Waals surface area contributed by atoms with E-state index in [1.54, 1.807) is 6.92 Å². The summed E-state index contributed by atoms with van der Waals surface area (Å²) in [6.45, 7) is 4.16. The molecule has 3 nitrogen and oxygen atoms in total. The zero-order valence-corrected chi connectivity index (χ0v) is 7.90. The number of hydrogen-bond acceptors (Lipinski definition) is 3. The van der Waals surface area contributed by atoms with Crippen molar-refractivity contribution < 1.29 is 9.53 Å². The van der Waals surface area contributed by atoms with E-state index >= 15 is 0 Å². The summed E-state index contributed by atoms with van der Waals surface area (Å²) in [5.74, 6) is 0. The molecule has 0 aliphatic heterocycles. The molecule has 0 bridgehead atoms. The van der Waals surface area contributed by atoms with Crippen molar-refractivity contribution in [3.05, 3.63) is 17.0 Å². The van der Waals surface area contributed by atoms with Gasteiger partial charge in [-0.1, -0.05) is 0 Å². The van der Waals surface area contributed by atoms with Gasteiger partial charge in [-0.3, -0.25) is 5.32 Å². The predicted molar refractivity (Wildman–Crippen MR) is 49.7 cm³/mol. The van der Waals surface area contributed by atoms with Crippen LogP contribution in [0.1, 0.15) is 12.5 Å². The van der Waals surface area contributed by atoms with Gasteiger partial charge in [0.05, 0.1) is 11.6 Å². The molecule has 12 heavy (non-hydrogen) atoms. The van der Waals surface area contributed by atoms with Crippen LogP contribution in [0.3, 0.4) is 0 Å². The Kier molecular flexibility index (Phi) is 3.10. The van der Waals surface area contributed by atoms with Crippen LogP contribution in [0.15, 0.2) is 11.4 Å². The van der Waals surface area contributed by atoms with E-state index in [2.05, 4.69) is 5.32 Å². The molecule has 1 N–H and O–H groups in total. The second-order valence-electron chi connectivity index (χ2n) is 2.33. The molecule has 0 radical (unpaired) electrons. The van der Waals surface area contributed by atoms with Crippen LogP contribution in [0.4, 0.5) is 9.80 Å². The number of hydrogen-bond donors (Lipinski definition) is 1. The highest BCUT2D eigenvalue weighted by Crippen LogP contribution is 2.19. The third-order valence-corrected chi connectivity index (χ3v) is 2.19. The molecule has 1 aromatic heterocycles. The maximum Gasteiger partial charge on any atom is 0.412 e. The maximum atomic E-state index is 10.9. The molecule has 0 aliphatic carbocycles. The molecule has 0 saturated carbocycles. The van der Waals surface area contributed by atoms with Crippen molar-refractivity contribution in [3.63, 3.8) is 0 Å². The fourth-order valence-corrected chi connectivity index (χ4v) is 1.54. The number of thiophene rings is 1. The zero-order chi connectivity index (χ0) is 8.97. The lowest BCUT2D eigenvalue weighted by molar-refractivity contribution is 0.168. The summed E-state index contributed by atoms with van der Waals surface area (Å²) < 4.78 is 4.71. The summed E-state index contributed by atoms with van der Waals surface area (Å²) in [5.41, 5.74) is 1.15. The van der Waals surface area contributed by atoms with Gasteiger partial charge in [-0.05, 0) is 30.9 Å². The van der Waals surface area contributed by atoms with Gasteiger partial charge >= 0.3 is 6.09 Å². The highest BCUT2D eigenvalue weighted by atomic mass is 32.1. The van der Waals surface area contributed by atoms with Crippen molar-refractivity contribution in [3.8, 4) is 0 Å². The number of rotatable bonds is 2. The molecule has 1 rings (SSSR count). The molecule has 1 heterocycles. The fraction of sp³-hybridized carbons (Fsp3) is 0.375. The first-order chi connectivity index (χ1) is 5.72. The summed E-state index contributed by atoms with van der Waals surface area (Å²) in [5, 5.41) is 5.42. The first kappa shape index (κ1) is 9.06.